The molecule has 5 heteroatoms. The Kier molecular flexibility index (Phi) is 5.39. The molecule has 5 nitrogen and oxygen atoms in total. The summed E-state index contributed by atoms with van der Waals surface area (Å²) in [4.78, 5) is 8.79. The monoisotopic (exact) mass is 265 g/mol. The molecule has 1 aromatic heterocycles. The van der Waals surface area contributed by atoms with Crippen LogP contribution < -0.4 is 10.1 Å². The van der Waals surface area contributed by atoms with Gasteiger partial charge in [-0.1, -0.05) is 6.92 Å². The van der Waals surface area contributed by atoms with E-state index in [0.29, 0.717) is 12.5 Å². The van der Waals surface area contributed by atoms with E-state index in [1.807, 2.05) is 19.9 Å². The number of anilines is 1. The van der Waals surface area contributed by atoms with Gasteiger partial charge >= 0.3 is 0 Å². The molecule has 0 saturated carbocycles. The molecule has 1 aliphatic heterocycles. The zero-order valence-electron chi connectivity index (χ0n) is 11.8. The smallest absolute Gasteiger partial charge is 0.218 e. The van der Waals surface area contributed by atoms with Gasteiger partial charge in [0.05, 0.1) is 6.10 Å². The summed E-state index contributed by atoms with van der Waals surface area (Å²) in [5.74, 6) is 2.27. The van der Waals surface area contributed by atoms with Crippen molar-refractivity contribution in [2.24, 2.45) is 0 Å². The third kappa shape index (κ3) is 4.35. The molecular formula is C14H23N3O2. The zero-order chi connectivity index (χ0) is 13.5. The average Bonchev–Trinajstić information content (AvgIpc) is 2.46. The van der Waals surface area contributed by atoms with Crippen LogP contribution in [0, 0.1) is 0 Å². The van der Waals surface area contributed by atoms with Gasteiger partial charge in [0.2, 0.25) is 5.88 Å². The highest BCUT2D eigenvalue weighted by Gasteiger charge is 2.15. The fraction of sp³-hybridized carbons (Fsp3) is 0.714. The van der Waals surface area contributed by atoms with Crippen LogP contribution in [0.3, 0.4) is 0 Å². The highest BCUT2D eigenvalue weighted by Crippen LogP contribution is 2.17. The van der Waals surface area contributed by atoms with Crippen molar-refractivity contribution in [1.82, 2.24) is 9.97 Å². The molecule has 0 spiro atoms. The number of hydrogen-bond donors (Lipinski definition) is 1. The molecule has 0 aromatic carbocycles. The SMILES string of the molecule is CCNc1cc(OCC2CCCCO2)nc(CC)n1. The van der Waals surface area contributed by atoms with E-state index < -0.39 is 0 Å². The fourth-order valence-corrected chi connectivity index (χ4v) is 2.09. The Morgan fingerprint density at radius 2 is 2.26 bits per heavy atom. The van der Waals surface area contributed by atoms with Crippen molar-refractivity contribution in [1.29, 1.82) is 0 Å². The van der Waals surface area contributed by atoms with Crippen LogP contribution >= 0.6 is 0 Å². The van der Waals surface area contributed by atoms with Crippen LogP contribution in [0.4, 0.5) is 5.82 Å². The summed E-state index contributed by atoms with van der Waals surface area (Å²) in [7, 11) is 0. The van der Waals surface area contributed by atoms with Crippen molar-refractivity contribution in [3.8, 4) is 5.88 Å². The lowest BCUT2D eigenvalue weighted by Crippen LogP contribution is -2.26. The zero-order valence-corrected chi connectivity index (χ0v) is 11.8. The summed E-state index contributed by atoms with van der Waals surface area (Å²) in [6.45, 7) is 6.35. The molecule has 0 radical (unpaired) electrons. The van der Waals surface area contributed by atoms with E-state index in [0.717, 1.165) is 44.1 Å². The van der Waals surface area contributed by atoms with Gasteiger partial charge < -0.3 is 14.8 Å². The second-order valence-electron chi connectivity index (χ2n) is 4.69. The van der Waals surface area contributed by atoms with Gasteiger partial charge in [0.15, 0.2) is 0 Å². The van der Waals surface area contributed by atoms with Crippen LogP contribution in [0.1, 0.15) is 38.9 Å². The molecule has 1 fully saturated rings. The average molecular weight is 265 g/mol. The standard InChI is InChI=1S/C14H23N3O2/c1-3-12-16-13(15-4-2)9-14(17-12)19-10-11-7-5-6-8-18-11/h9,11H,3-8,10H2,1-2H3,(H,15,16,17). The molecule has 1 aliphatic rings. The molecule has 1 unspecified atom stereocenters. The van der Waals surface area contributed by atoms with E-state index in [1.165, 1.54) is 6.42 Å². The third-order valence-corrected chi connectivity index (χ3v) is 3.11. The van der Waals surface area contributed by atoms with Crippen molar-refractivity contribution >= 4 is 5.82 Å². The number of hydrogen-bond acceptors (Lipinski definition) is 5. The van der Waals surface area contributed by atoms with Crippen LogP contribution in [0.2, 0.25) is 0 Å². The van der Waals surface area contributed by atoms with Crippen molar-refractivity contribution in [2.45, 2.75) is 45.6 Å². The second kappa shape index (κ2) is 7.28. The number of aryl methyl sites for hydroxylation is 1. The van der Waals surface area contributed by atoms with Crippen LogP contribution in [0.25, 0.3) is 0 Å². The Morgan fingerprint density at radius 1 is 1.37 bits per heavy atom. The summed E-state index contributed by atoms with van der Waals surface area (Å²) in [5, 5.41) is 3.20. The van der Waals surface area contributed by atoms with Gasteiger partial charge in [-0.05, 0) is 26.2 Å². The molecule has 106 valence electrons. The predicted octanol–water partition coefficient (Wildman–Crippen LogP) is 2.42. The lowest BCUT2D eigenvalue weighted by molar-refractivity contribution is -0.0119. The Bertz CT molecular complexity index is 392. The van der Waals surface area contributed by atoms with Crippen LogP contribution in [-0.2, 0) is 11.2 Å². The first-order valence-electron chi connectivity index (χ1n) is 7.18. The summed E-state index contributed by atoms with van der Waals surface area (Å²) >= 11 is 0. The second-order valence-corrected chi connectivity index (χ2v) is 4.69. The van der Waals surface area contributed by atoms with Crippen molar-refractivity contribution in [2.75, 3.05) is 25.1 Å². The van der Waals surface area contributed by atoms with E-state index in [1.54, 1.807) is 0 Å². The minimum Gasteiger partial charge on any atom is -0.475 e. The fourth-order valence-electron chi connectivity index (χ4n) is 2.09. The third-order valence-electron chi connectivity index (χ3n) is 3.11. The number of nitrogens with zero attached hydrogens (tertiary/aromatic N) is 2. The van der Waals surface area contributed by atoms with Crippen LogP contribution in [0.15, 0.2) is 6.07 Å². The first-order valence-corrected chi connectivity index (χ1v) is 7.18. The molecule has 1 saturated heterocycles. The van der Waals surface area contributed by atoms with Crippen molar-refractivity contribution < 1.29 is 9.47 Å². The molecule has 2 heterocycles. The van der Waals surface area contributed by atoms with Gasteiger partial charge in [0.25, 0.3) is 0 Å². The largest absolute Gasteiger partial charge is 0.475 e. The Labute approximate surface area is 114 Å². The molecule has 2 rings (SSSR count). The first kappa shape index (κ1) is 14.1. The first-order chi connectivity index (χ1) is 9.31. The van der Waals surface area contributed by atoms with Crippen molar-refractivity contribution in [3.63, 3.8) is 0 Å². The summed E-state index contributed by atoms with van der Waals surface area (Å²) in [6.07, 6.45) is 4.47. The Morgan fingerprint density at radius 3 is 2.95 bits per heavy atom. The van der Waals surface area contributed by atoms with E-state index in [4.69, 9.17) is 9.47 Å². The van der Waals surface area contributed by atoms with E-state index >= 15 is 0 Å². The Hall–Kier alpha value is -1.36. The van der Waals surface area contributed by atoms with Gasteiger partial charge in [0.1, 0.15) is 18.2 Å². The van der Waals surface area contributed by atoms with Gasteiger partial charge in [-0.15, -0.1) is 0 Å². The lowest BCUT2D eigenvalue weighted by Gasteiger charge is -2.22. The maximum absolute atomic E-state index is 5.76. The van der Waals surface area contributed by atoms with Gasteiger partial charge in [-0.25, -0.2) is 4.98 Å². The predicted molar refractivity (Wildman–Crippen MR) is 74.7 cm³/mol. The van der Waals surface area contributed by atoms with E-state index in [2.05, 4.69) is 15.3 Å². The molecule has 0 aliphatic carbocycles. The van der Waals surface area contributed by atoms with E-state index in [9.17, 15) is 0 Å². The lowest BCUT2D eigenvalue weighted by atomic mass is 10.1. The maximum Gasteiger partial charge on any atom is 0.218 e. The number of nitrogens with one attached hydrogen (secondary N) is 1. The topological polar surface area (TPSA) is 56.3 Å². The molecule has 1 N–H and O–H groups in total. The summed E-state index contributed by atoms with van der Waals surface area (Å²) in [6, 6.07) is 1.85. The molecule has 1 aromatic rings. The molecule has 0 amide bonds. The van der Waals surface area contributed by atoms with E-state index in [-0.39, 0.29) is 6.10 Å². The van der Waals surface area contributed by atoms with Gasteiger partial charge in [-0.3, -0.25) is 0 Å². The van der Waals surface area contributed by atoms with Gasteiger partial charge in [-0.2, -0.15) is 4.98 Å². The normalized spacial score (nSPS) is 19.2. The maximum atomic E-state index is 5.76. The molecule has 0 bridgehead atoms. The minimum absolute atomic E-state index is 0.205. The molecule has 1 atom stereocenters. The molecular weight excluding hydrogens is 242 g/mol. The Balaban J connectivity index is 1.95. The summed E-state index contributed by atoms with van der Waals surface area (Å²) < 4.78 is 11.4. The summed E-state index contributed by atoms with van der Waals surface area (Å²) in [5.41, 5.74) is 0. The van der Waals surface area contributed by atoms with Gasteiger partial charge in [0, 0.05) is 25.6 Å². The highest BCUT2D eigenvalue weighted by atomic mass is 16.5. The molecule has 19 heavy (non-hydrogen) atoms. The van der Waals surface area contributed by atoms with Crippen LogP contribution in [-0.4, -0.2) is 35.8 Å². The quantitative estimate of drug-likeness (QED) is 0.856. The highest BCUT2D eigenvalue weighted by molar-refractivity contribution is 5.38. The number of rotatable bonds is 6. The van der Waals surface area contributed by atoms with Crippen LogP contribution in [0.5, 0.6) is 5.88 Å². The minimum atomic E-state index is 0.205. The number of aromatic nitrogens is 2. The van der Waals surface area contributed by atoms with Crippen molar-refractivity contribution in [3.05, 3.63) is 11.9 Å². The number of ether oxygens (including phenoxy) is 2.